The van der Waals surface area contributed by atoms with Gasteiger partial charge >= 0.3 is 12.1 Å². The van der Waals surface area contributed by atoms with Crippen LogP contribution in [0.2, 0.25) is 0 Å². The number of benzene rings is 2. The summed E-state index contributed by atoms with van der Waals surface area (Å²) in [5, 5.41) is 0. The van der Waals surface area contributed by atoms with Crippen molar-refractivity contribution in [2.24, 2.45) is 17.8 Å². The number of hydrogen-bond acceptors (Lipinski definition) is 3. The van der Waals surface area contributed by atoms with E-state index in [1.165, 1.54) is 6.07 Å². The number of anilines is 1. The van der Waals surface area contributed by atoms with Gasteiger partial charge in [0.25, 0.3) is 0 Å². The molecule has 5 rings (SSSR count). The van der Waals surface area contributed by atoms with Gasteiger partial charge in [-0.05, 0) is 30.0 Å². The second kappa shape index (κ2) is 7.30. The van der Waals surface area contributed by atoms with Crippen LogP contribution in [-0.4, -0.2) is 34.8 Å². The van der Waals surface area contributed by atoms with Crippen molar-refractivity contribution in [3.8, 4) is 0 Å². The number of halogens is 3. The van der Waals surface area contributed by atoms with Crippen LogP contribution in [0.25, 0.3) is 5.57 Å². The molecule has 2 aromatic carbocycles. The summed E-state index contributed by atoms with van der Waals surface area (Å²) in [5.74, 6) is -5.23. The van der Waals surface area contributed by atoms with Gasteiger partial charge in [0.05, 0.1) is 30.1 Å². The number of fused-ring (bicyclic) bond motifs is 5. The lowest BCUT2D eigenvalue weighted by molar-refractivity contribution is -0.171. The van der Waals surface area contributed by atoms with Crippen LogP contribution in [0, 0.1) is 17.8 Å². The summed E-state index contributed by atoms with van der Waals surface area (Å²) in [5.41, 5.74) is 2.64. The summed E-state index contributed by atoms with van der Waals surface area (Å²) in [7, 11) is 0. The lowest BCUT2D eigenvalue weighted by Gasteiger charge is -2.38. The number of allylic oxidation sites excluding steroid dienone is 1. The van der Waals surface area contributed by atoms with Crippen LogP contribution < -0.4 is 4.90 Å². The third-order valence-electron chi connectivity index (χ3n) is 7.15. The van der Waals surface area contributed by atoms with E-state index in [1.807, 2.05) is 13.0 Å². The number of likely N-dealkylation sites (tertiary alicyclic amines) is 1. The van der Waals surface area contributed by atoms with E-state index in [0.29, 0.717) is 16.0 Å². The van der Waals surface area contributed by atoms with Crippen molar-refractivity contribution in [2.45, 2.75) is 32.6 Å². The molecule has 5 nitrogen and oxygen atoms in total. The SMILES string of the molecule is CC1=C2c3ccccc3N(C(=O)C(F)(F)F)C2[C@H]2C(=O)N(Cc3ccccc3)C(=O)[C@H]2[C@H]1C. The Morgan fingerprint density at radius 2 is 1.55 bits per heavy atom. The predicted octanol–water partition coefficient (Wildman–Crippen LogP) is 4.19. The minimum Gasteiger partial charge on any atom is -0.296 e. The zero-order chi connectivity index (χ0) is 23.7. The summed E-state index contributed by atoms with van der Waals surface area (Å²) in [6.07, 6.45) is -5.12. The number of amides is 3. The van der Waals surface area contributed by atoms with Crippen LogP contribution in [0.15, 0.2) is 60.2 Å². The molecule has 2 aliphatic heterocycles. The monoisotopic (exact) mass is 454 g/mol. The van der Waals surface area contributed by atoms with Crippen molar-refractivity contribution < 1.29 is 27.6 Å². The molecule has 1 saturated heterocycles. The Hall–Kier alpha value is -3.42. The van der Waals surface area contributed by atoms with Crippen molar-refractivity contribution in [3.63, 3.8) is 0 Å². The standard InChI is InChI=1S/C25H21F3N2O3/c1-13-14(2)19-20(23(32)29(22(19)31)12-15-8-4-3-5-9-15)21-18(13)16-10-6-7-11-17(16)30(21)24(33)25(26,27)28/h3-11,14,19-21H,12H2,1-2H3/t14-,19-,20-,21?/m0/s1. The Kier molecular flexibility index (Phi) is 4.74. The van der Waals surface area contributed by atoms with Crippen molar-refractivity contribution in [3.05, 3.63) is 71.3 Å². The molecule has 0 spiro atoms. The highest BCUT2D eigenvalue weighted by molar-refractivity contribution is 6.13. The third kappa shape index (κ3) is 3.03. The molecular weight excluding hydrogens is 433 g/mol. The number of nitrogens with zero attached hydrogens (tertiary/aromatic N) is 2. The van der Waals surface area contributed by atoms with Crippen LogP contribution in [0.1, 0.15) is 25.0 Å². The molecule has 4 atom stereocenters. The maximum atomic E-state index is 13.6. The first-order valence-electron chi connectivity index (χ1n) is 10.7. The minimum absolute atomic E-state index is 0.0412. The van der Waals surface area contributed by atoms with Gasteiger partial charge in [0.2, 0.25) is 11.8 Å². The quantitative estimate of drug-likeness (QED) is 0.640. The van der Waals surface area contributed by atoms with E-state index in [4.69, 9.17) is 0 Å². The first-order valence-corrected chi connectivity index (χ1v) is 10.7. The van der Waals surface area contributed by atoms with E-state index >= 15 is 0 Å². The highest BCUT2D eigenvalue weighted by atomic mass is 19.4. The molecule has 2 heterocycles. The fourth-order valence-electron chi connectivity index (χ4n) is 5.58. The number of alkyl halides is 3. The Bertz CT molecular complexity index is 1200. The molecule has 33 heavy (non-hydrogen) atoms. The van der Waals surface area contributed by atoms with E-state index in [2.05, 4.69) is 0 Å². The average molecular weight is 454 g/mol. The Morgan fingerprint density at radius 3 is 2.21 bits per heavy atom. The van der Waals surface area contributed by atoms with Gasteiger partial charge < -0.3 is 0 Å². The molecular formula is C25H21F3N2O3. The lowest BCUT2D eigenvalue weighted by Crippen LogP contribution is -2.53. The fraction of sp³-hybridized carbons (Fsp3) is 0.320. The fourth-order valence-corrected chi connectivity index (χ4v) is 5.58. The molecule has 1 fully saturated rings. The summed E-state index contributed by atoms with van der Waals surface area (Å²) in [4.78, 5) is 41.4. The molecule has 0 bridgehead atoms. The molecule has 0 saturated carbocycles. The number of carbonyl (C=O) groups excluding carboxylic acids is 3. The van der Waals surface area contributed by atoms with Crippen LogP contribution in [0.3, 0.4) is 0 Å². The van der Waals surface area contributed by atoms with E-state index in [1.54, 1.807) is 49.4 Å². The van der Waals surface area contributed by atoms with E-state index in [-0.39, 0.29) is 18.2 Å². The third-order valence-corrected chi connectivity index (χ3v) is 7.15. The first kappa shape index (κ1) is 21.4. The second-order valence-corrected chi connectivity index (χ2v) is 8.82. The van der Waals surface area contributed by atoms with Gasteiger partial charge in [0.1, 0.15) is 0 Å². The summed E-state index contributed by atoms with van der Waals surface area (Å²) in [6.45, 7) is 3.64. The molecule has 0 aromatic heterocycles. The summed E-state index contributed by atoms with van der Waals surface area (Å²) < 4.78 is 40.9. The maximum Gasteiger partial charge on any atom is 0.471 e. The summed E-state index contributed by atoms with van der Waals surface area (Å²) in [6, 6.07) is 14.2. The number of hydrogen-bond donors (Lipinski definition) is 0. The molecule has 3 aliphatic rings. The average Bonchev–Trinajstić information content (AvgIpc) is 3.24. The van der Waals surface area contributed by atoms with Gasteiger partial charge in [-0.3, -0.25) is 24.2 Å². The zero-order valence-corrected chi connectivity index (χ0v) is 18.0. The molecule has 8 heteroatoms. The van der Waals surface area contributed by atoms with E-state index in [9.17, 15) is 27.6 Å². The molecule has 1 aliphatic carbocycles. The Balaban J connectivity index is 1.65. The molecule has 170 valence electrons. The minimum atomic E-state index is -5.12. The number of rotatable bonds is 2. The molecule has 3 amide bonds. The number of para-hydroxylation sites is 1. The van der Waals surface area contributed by atoms with Crippen molar-refractivity contribution in [1.82, 2.24) is 4.90 Å². The van der Waals surface area contributed by atoms with E-state index in [0.717, 1.165) is 16.0 Å². The van der Waals surface area contributed by atoms with Crippen molar-refractivity contribution >= 4 is 29.0 Å². The molecule has 0 N–H and O–H groups in total. The molecule has 0 radical (unpaired) electrons. The van der Waals surface area contributed by atoms with Gasteiger partial charge in [-0.25, -0.2) is 0 Å². The normalized spacial score (nSPS) is 26.5. The Morgan fingerprint density at radius 1 is 0.939 bits per heavy atom. The smallest absolute Gasteiger partial charge is 0.296 e. The Labute approximate surface area is 188 Å². The van der Waals surface area contributed by atoms with Crippen molar-refractivity contribution in [1.29, 1.82) is 0 Å². The van der Waals surface area contributed by atoms with Crippen molar-refractivity contribution in [2.75, 3.05) is 4.90 Å². The zero-order valence-electron chi connectivity index (χ0n) is 18.0. The van der Waals surface area contributed by atoms with Gasteiger partial charge in [0.15, 0.2) is 0 Å². The van der Waals surface area contributed by atoms with Gasteiger partial charge in [-0.1, -0.05) is 61.0 Å². The maximum absolute atomic E-state index is 13.6. The number of imide groups is 1. The summed E-state index contributed by atoms with van der Waals surface area (Å²) >= 11 is 0. The molecule has 1 unspecified atom stereocenters. The van der Waals surface area contributed by atoms with Crippen LogP contribution in [-0.2, 0) is 20.9 Å². The highest BCUT2D eigenvalue weighted by Crippen LogP contribution is 2.55. The van der Waals surface area contributed by atoms with Crippen LogP contribution in [0.4, 0.5) is 18.9 Å². The number of carbonyl (C=O) groups is 3. The highest BCUT2D eigenvalue weighted by Gasteiger charge is 2.62. The first-order chi connectivity index (χ1) is 15.6. The topological polar surface area (TPSA) is 57.7 Å². The van der Waals surface area contributed by atoms with Gasteiger partial charge in [-0.2, -0.15) is 13.2 Å². The largest absolute Gasteiger partial charge is 0.471 e. The van der Waals surface area contributed by atoms with Gasteiger partial charge in [0, 0.05) is 5.56 Å². The predicted molar refractivity (Wildman–Crippen MR) is 115 cm³/mol. The van der Waals surface area contributed by atoms with Crippen LogP contribution in [0.5, 0.6) is 0 Å². The second-order valence-electron chi connectivity index (χ2n) is 8.82. The van der Waals surface area contributed by atoms with Crippen LogP contribution >= 0.6 is 0 Å². The van der Waals surface area contributed by atoms with Gasteiger partial charge in [-0.15, -0.1) is 0 Å². The lowest BCUT2D eigenvalue weighted by atomic mass is 9.68. The van der Waals surface area contributed by atoms with E-state index < -0.39 is 41.8 Å². The molecule has 2 aromatic rings.